The van der Waals surface area contributed by atoms with Gasteiger partial charge in [-0.2, -0.15) is 0 Å². The van der Waals surface area contributed by atoms with E-state index in [4.69, 9.17) is 10.5 Å². The summed E-state index contributed by atoms with van der Waals surface area (Å²) >= 11 is 0. The number of imidazole rings is 1. The number of aromatic nitrogens is 2. The van der Waals surface area contributed by atoms with Crippen LogP contribution in [0.15, 0.2) is 30.6 Å². The molecule has 0 amide bonds. The molecule has 1 aromatic heterocycles. The minimum absolute atomic E-state index is 0.655. The molecule has 0 aliphatic carbocycles. The lowest BCUT2D eigenvalue weighted by Crippen LogP contribution is -2.07. The number of nitrogens with zero attached hydrogens (tertiary/aromatic N) is 2. The Hall–Kier alpha value is -1.97. The van der Waals surface area contributed by atoms with Crippen LogP contribution in [0, 0.1) is 0 Å². The quantitative estimate of drug-likeness (QED) is 0.812. The number of hydrogen-bond acceptors (Lipinski definition) is 3. The van der Waals surface area contributed by atoms with E-state index < -0.39 is 0 Å². The highest BCUT2D eigenvalue weighted by Crippen LogP contribution is 2.23. The fourth-order valence-corrected chi connectivity index (χ4v) is 2.14. The lowest BCUT2D eigenvalue weighted by atomic mass is 10.1. The molecule has 4 nitrogen and oxygen atoms in total. The molecule has 102 valence electrons. The summed E-state index contributed by atoms with van der Waals surface area (Å²) in [7, 11) is 0. The molecule has 0 bridgehead atoms. The Balaban J connectivity index is 2.26. The van der Waals surface area contributed by atoms with Gasteiger partial charge in [-0.25, -0.2) is 4.98 Å². The van der Waals surface area contributed by atoms with E-state index in [-0.39, 0.29) is 0 Å². The van der Waals surface area contributed by atoms with Crippen LogP contribution in [0.25, 0.3) is 0 Å². The Morgan fingerprint density at radius 2 is 2.16 bits per heavy atom. The molecule has 1 aromatic carbocycles. The summed E-state index contributed by atoms with van der Waals surface area (Å²) in [6, 6.07) is 5.78. The predicted octanol–water partition coefficient (Wildman–Crippen LogP) is 2.86. The fourth-order valence-electron chi connectivity index (χ4n) is 2.14. The lowest BCUT2D eigenvalue weighted by Gasteiger charge is -2.13. The molecule has 0 unspecified atom stereocenters. The Morgan fingerprint density at radius 3 is 2.89 bits per heavy atom. The summed E-state index contributed by atoms with van der Waals surface area (Å²) in [4.78, 5) is 4.39. The van der Waals surface area contributed by atoms with Gasteiger partial charge >= 0.3 is 0 Å². The van der Waals surface area contributed by atoms with Gasteiger partial charge in [0.05, 0.1) is 13.2 Å². The summed E-state index contributed by atoms with van der Waals surface area (Å²) in [5, 5.41) is 0. The Kier molecular flexibility index (Phi) is 4.44. The standard InChI is InChI=1S/C15H21N3O/c1-3-5-15-17-8-9-18(15)11-12-10-13(16)6-7-14(12)19-4-2/h6-10H,3-5,11,16H2,1-2H3. The SMILES string of the molecule is CCCc1nccn1Cc1cc(N)ccc1OCC. The van der Waals surface area contributed by atoms with Crippen molar-refractivity contribution < 1.29 is 4.74 Å². The Labute approximate surface area is 114 Å². The molecule has 19 heavy (non-hydrogen) atoms. The molecule has 2 aromatic rings. The van der Waals surface area contributed by atoms with Gasteiger partial charge < -0.3 is 15.0 Å². The summed E-state index contributed by atoms with van der Waals surface area (Å²) in [6.07, 6.45) is 5.92. The van der Waals surface area contributed by atoms with Gasteiger partial charge in [0.2, 0.25) is 0 Å². The molecule has 2 rings (SSSR count). The average Bonchev–Trinajstić information content (AvgIpc) is 2.81. The molecule has 0 saturated heterocycles. The van der Waals surface area contributed by atoms with E-state index in [9.17, 15) is 0 Å². The van der Waals surface area contributed by atoms with Gasteiger partial charge in [-0.3, -0.25) is 0 Å². The monoisotopic (exact) mass is 259 g/mol. The second kappa shape index (κ2) is 6.27. The van der Waals surface area contributed by atoms with Gasteiger partial charge in [-0.05, 0) is 31.5 Å². The number of benzene rings is 1. The van der Waals surface area contributed by atoms with Crippen molar-refractivity contribution in [2.75, 3.05) is 12.3 Å². The van der Waals surface area contributed by atoms with Gasteiger partial charge in [-0.15, -0.1) is 0 Å². The van der Waals surface area contributed by atoms with Crippen LogP contribution < -0.4 is 10.5 Å². The maximum Gasteiger partial charge on any atom is 0.124 e. The summed E-state index contributed by atoms with van der Waals surface area (Å²) in [5.41, 5.74) is 7.72. The third-order valence-electron chi connectivity index (χ3n) is 3.00. The zero-order valence-electron chi connectivity index (χ0n) is 11.6. The van der Waals surface area contributed by atoms with Crippen molar-refractivity contribution in [2.24, 2.45) is 0 Å². The second-order valence-electron chi connectivity index (χ2n) is 4.52. The first-order valence-electron chi connectivity index (χ1n) is 6.75. The topological polar surface area (TPSA) is 53.1 Å². The van der Waals surface area contributed by atoms with E-state index in [2.05, 4.69) is 16.5 Å². The highest BCUT2D eigenvalue weighted by atomic mass is 16.5. The molecule has 0 radical (unpaired) electrons. The summed E-state index contributed by atoms with van der Waals surface area (Å²) < 4.78 is 7.80. The molecule has 1 heterocycles. The maximum absolute atomic E-state index is 5.87. The average molecular weight is 259 g/mol. The van der Waals surface area contributed by atoms with Crippen molar-refractivity contribution in [3.8, 4) is 5.75 Å². The van der Waals surface area contributed by atoms with Gasteiger partial charge in [-0.1, -0.05) is 6.92 Å². The lowest BCUT2D eigenvalue weighted by molar-refractivity contribution is 0.335. The molecule has 4 heteroatoms. The number of nitrogens with two attached hydrogens (primary N) is 1. The van der Waals surface area contributed by atoms with Crippen molar-refractivity contribution in [3.05, 3.63) is 42.0 Å². The second-order valence-corrected chi connectivity index (χ2v) is 4.52. The number of rotatable bonds is 6. The number of hydrogen-bond donors (Lipinski definition) is 1. The zero-order valence-corrected chi connectivity index (χ0v) is 11.6. The maximum atomic E-state index is 5.87. The number of nitrogen functional groups attached to an aromatic ring is 1. The fraction of sp³-hybridized carbons (Fsp3) is 0.400. The molecular weight excluding hydrogens is 238 g/mol. The van der Waals surface area contributed by atoms with Crippen LogP contribution in [0.3, 0.4) is 0 Å². The van der Waals surface area contributed by atoms with E-state index >= 15 is 0 Å². The molecule has 0 aliphatic rings. The van der Waals surface area contributed by atoms with Crippen LogP contribution in [-0.2, 0) is 13.0 Å². The Bertz CT molecular complexity index is 534. The minimum Gasteiger partial charge on any atom is -0.494 e. The molecule has 0 aliphatic heterocycles. The minimum atomic E-state index is 0.655. The van der Waals surface area contributed by atoms with E-state index in [1.54, 1.807) is 0 Å². The zero-order chi connectivity index (χ0) is 13.7. The van der Waals surface area contributed by atoms with Crippen molar-refractivity contribution in [3.63, 3.8) is 0 Å². The third kappa shape index (κ3) is 3.28. The number of ether oxygens (including phenoxy) is 1. The summed E-state index contributed by atoms with van der Waals surface area (Å²) in [6.45, 7) is 5.55. The number of aryl methyl sites for hydroxylation is 1. The highest BCUT2D eigenvalue weighted by Gasteiger charge is 2.08. The number of anilines is 1. The van der Waals surface area contributed by atoms with E-state index in [1.165, 1.54) is 0 Å². The van der Waals surface area contributed by atoms with Gasteiger partial charge in [0.15, 0.2) is 0 Å². The van der Waals surface area contributed by atoms with Gasteiger partial charge in [0, 0.05) is 30.1 Å². The van der Waals surface area contributed by atoms with E-state index in [0.717, 1.165) is 42.2 Å². The van der Waals surface area contributed by atoms with Crippen LogP contribution in [0.5, 0.6) is 5.75 Å². The molecular formula is C15H21N3O. The first-order valence-corrected chi connectivity index (χ1v) is 6.75. The molecule has 0 fully saturated rings. The normalized spacial score (nSPS) is 10.6. The van der Waals surface area contributed by atoms with Gasteiger partial charge in [0.1, 0.15) is 11.6 Å². The van der Waals surface area contributed by atoms with Gasteiger partial charge in [0.25, 0.3) is 0 Å². The molecule has 0 atom stereocenters. The predicted molar refractivity (Wildman–Crippen MR) is 77.3 cm³/mol. The highest BCUT2D eigenvalue weighted by molar-refractivity contribution is 5.48. The van der Waals surface area contributed by atoms with Crippen LogP contribution >= 0.6 is 0 Å². The van der Waals surface area contributed by atoms with Crippen LogP contribution in [0.4, 0.5) is 5.69 Å². The van der Waals surface area contributed by atoms with Crippen molar-refractivity contribution in [1.82, 2.24) is 9.55 Å². The Morgan fingerprint density at radius 1 is 1.32 bits per heavy atom. The third-order valence-corrected chi connectivity index (χ3v) is 3.00. The van der Waals surface area contributed by atoms with Crippen LogP contribution in [0.2, 0.25) is 0 Å². The first kappa shape index (κ1) is 13.5. The van der Waals surface area contributed by atoms with Crippen LogP contribution in [0.1, 0.15) is 31.7 Å². The van der Waals surface area contributed by atoms with Crippen molar-refractivity contribution in [1.29, 1.82) is 0 Å². The largest absolute Gasteiger partial charge is 0.494 e. The van der Waals surface area contributed by atoms with Crippen molar-refractivity contribution in [2.45, 2.75) is 33.2 Å². The first-order chi connectivity index (χ1) is 9.24. The van der Waals surface area contributed by atoms with E-state index in [1.807, 2.05) is 37.5 Å². The van der Waals surface area contributed by atoms with E-state index in [0.29, 0.717) is 6.61 Å². The van der Waals surface area contributed by atoms with Crippen LogP contribution in [-0.4, -0.2) is 16.2 Å². The smallest absolute Gasteiger partial charge is 0.124 e. The molecule has 2 N–H and O–H groups in total. The molecule has 0 saturated carbocycles. The summed E-state index contributed by atoms with van der Waals surface area (Å²) in [5.74, 6) is 2.00. The molecule has 0 spiro atoms. The van der Waals surface area contributed by atoms with Crippen molar-refractivity contribution >= 4 is 5.69 Å².